The van der Waals surface area contributed by atoms with Crippen LogP contribution in [0.1, 0.15) is 11.1 Å². The van der Waals surface area contributed by atoms with Gasteiger partial charge in [0.25, 0.3) is 0 Å². The number of hydrogen-bond donors (Lipinski definition) is 0. The highest BCUT2D eigenvalue weighted by atomic mass is 16.3. The van der Waals surface area contributed by atoms with Gasteiger partial charge in [0.15, 0.2) is 0 Å². The highest BCUT2D eigenvalue weighted by molar-refractivity contribution is 6.11. The molecule has 2 aromatic heterocycles. The van der Waals surface area contributed by atoms with Gasteiger partial charge in [0, 0.05) is 27.2 Å². The molecule has 0 aliphatic heterocycles. The van der Waals surface area contributed by atoms with Crippen LogP contribution in [0, 0.1) is 0 Å². The molecule has 9 rings (SSSR count). The van der Waals surface area contributed by atoms with Crippen LogP contribution in [0.3, 0.4) is 0 Å². The fourth-order valence-electron chi connectivity index (χ4n) is 6.77. The first-order valence-electron chi connectivity index (χ1n) is 14.0. The molecule has 0 N–H and O–H groups in total. The molecule has 0 saturated heterocycles. The number of para-hydroxylation sites is 2. The smallest absolute Gasteiger partial charge is 0.135 e. The number of aromatic nitrogens is 1. The Hall–Kier alpha value is -5.08. The van der Waals surface area contributed by atoms with Crippen LogP contribution in [-0.4, -0.2) is 4.57 Å². The Kier molecular flexibility index (Phi) is 4.48. The molecule has 0 fully saturated rings. The maximum absolute atomic E-state index is 6.05. The van der Waals surface area contributed by atoms with Gasteiger partial charge in [-0.05, 0) is 94.8 Å². The second-order valence-corrected chi connectivity index (χ2v) is 10.9. The van der Waals surface area contributed by atoms with Crippen molar-refractivity contribution in [2.75, 3.05) is 0 Å². The predicted octanol–water partition coefficient (Wildman–Crippen LogP) is 10.1. The summed E-state index contributed by atoms with van der Waals surface area (Å²) in [7, 11) is 0. The van der Waals surface area contributed by atoms with Gasteiger partial charge in [-0.25, -0.2) is 0 Å². The van der Waals surface area contributed by atoms with Crippen LogP contribution in [0.15, 0.2) is 132 Å². The zero-order valence-corrected chi connectivity index (χ0v) is 21.9. The van der Waals surface area contributed by atoms with Gasteiger partial charge in [-0.15, -0.1) is 0 Å². The topological polar surface area (TPSA) is 18.1 Å². The van der Waals surface area contributed by atoms with Crippen LogP contribution in [0.25, 0.3) is 71.7 Å². The Morgan fingerprint density at radius 3 is 2.10 bits per heavy atom. The quantitative estimate of drug-likeness (QED) is 0.226. The minimum atomic E-state index is 0.928. The molecule has 0 atom stereocenters. The molecule has 0 spiro atoms. The van der Waals surface area contributed by atoms with E-state index in [2.05, 4.69) is 120 Å². The Balaban J connectivity index is 1.21. The van der Waals surface area contributed by atoms with Crippen LogP contribution in [0.4, 0.5) is 0 Å². The van der Waals surface area contributed by atoms with E-state index in [1.807, 2.05) is 12.1 Å². The van der Waals surface area contributed by atoms with Gasteiger partial charge < -0.3 is 8.98 Å². The standard InChI is InChI=1S/C38H25NO/c1-2-8-29-25(7-1)13-14-27-22-33-30-9-3-5-11-35(30)39(36(33)23-32(27)29)28-18-15-24(16-19-28)26-17-20-38-34(21-26)31-10-4-6-12-37(31)40-38/h1-12,15-23H,13-14H2. The van der Waals surface area contributed by atoms with Gasteiger partial charge in [0.2, 0.25) is 0 Å². The van der Waals surface area contributed by atoms with Crippen LogP contribution >= 0.6 is 0 Å². The van der Waals surface area contributed by atoms with Crippen molar-refractivity contribution in [3.05, 3.63) is 139 Å². The predicted molar refractivity (Wildman–Crippen MR) is 166 cm³/mol. The molecule has 1 aliphatic rings. The molecule has 0 bridgehead atoms. The lowest BCUT2D eigenvalue weighted by Gasteiger charge is -2.20. The Morgan fingerprint density at radius 2 is 1.18 bits per heavy atom. The highest BCUT2D eigenvalue weighted by Crippen LogP contribution is 2.41. The first-order valence-corrected chi connectivity index (χ1v) is 14.0. The van der Waals surface area contributed by atoms with Crippen LogP contribution in [0.5, 0.6) is 0 Å². The summed E-state index contributed by atoms with van der Waals surface area (Å²) in [5.41, 5.74) is 13.6. The molecular weight excluding hydrogens is 486 g/mol. The fourth-order valence-corrected chi connectivity index (χ4v) is 6.77. The second kappa shape index (κ2) is 8.21. The van der Waals surface area contributed by atoms with E-state index in [0.717, 1.165) is 34.8 Å². The van der Waals surface area contributed by atoms with Crippen LogP contribution in [-0.2, 0) is 12.8 Å². The number of benzene rings is 6. The molecule has 0 amide bonds. The molecule has 2 heterocycles. The molecule has 0 unspecified atom stereocenters. The second-order valence-electron chi connectivity index (χ2n) is 10.9. The lowest BCUT2D eigenvalue weighted by molar-refractivity contribution is 0.669. The van der Waals surface area contributed by atoms with Crippen molar-refractivity contribution in [1.29, 1.82) is 0 Å². The maximum atomic E-state index is 6.05. The summed E-state index contributed by atoms with van der Waals surface area (Å²) in [5, 5.41) is 4.95. The molecular formula is C38H25NO. The number of hydrogen-bond acceptors (Lipinski definition) is 1. The van der Waals surface area contributed by atoms with E-state index in [1.165, 1.54) is 60.9 Å². The molecule has 0 radical (unpaired) electrons. The van der Waals surface area contributed by atoms with E-state index in [-0.39, 0.29) is 0 Å². The van der Waals surface area contributed by atoms with Gasteiger partial charge >= 0.3 is 0 Å². The third-order valence-corrected chi connectivity index (χ3v) is 8.70. The zero-order chi connectivity index (χ0) is 26.2. The zero-order valence-electron chi connectivity index (χ0n) is 21.9. The maximum Gasteiger partial charge on any atom is 0.135 e. The van der Waals surface area contributed by atoms with E-state index in [1.54, 1.807) is 0 Å². The van der Waals surface area contributed by atoms with E-state index >= 15 is 0 Å². The molecule has 8 aromatic rings. The molecule has 6 aromatic carbocycles. The van der Waals surface area contributed by atoms with Crippen molar-refractivity contribution in [3.63, 3.8) is 0 Å². The summed E-state index contributed by atoms with van der Waals surface area (Å²) in [4.78, 5) is 0. The van der Waals surface area contributed by atoms with Crippen LogP contribution < -0.4 is 0 Å². The average molecular weight is 512 g/mol. The normalized spacial score (nSPS) is 12.8. The molecule has 188 valence electrons. The Morgan fingerprint density at radius 1 is 0.450 bits per heavy atom. The summed E-state index contributed by atoms with van der Waals surface area (Å²) in [6.07, 6.45) is 2.20. The third kappa shape index (κ3) is 3.11. The number of aryl methyl sites for hydroxylation is 2. The van der Waals surface area contributed by atoms with Gasteiger partial charge in [0.1, 0.15) is 11.2 Å². The van der Waals surface area contributed by atoms with E-state index in [0.29, 0.717) is 0 Å². The molecule has 0 saturated carbocycles. The summed E-state index contributed by atoms with van der Waals surface area (Å²) in [6.45, 7) is 0. The fraction of sp³-hybridized carbons (Fsp3) is 0.0526. The molecule has 2 nitrogen and oxygen atoms in total. The van der Waals surface area contributed by atoms with Crippen molar-refractivity contribution < 1.29 is 4.42 Å². The van der Waals surface area contributed by atoms with Gasteiger partial charge in [-0.1, -0.05) is 78.9 Å². The molecule has 40 heavy (non-hydrogen) atoms. The third-order valence-electron chi connectivity index (χ3n) is 8.70. The number of furan rings is 1. The van der Waals surface area contributed by atoms with Gasteiger partial charge in [-0.3, -0.25) is 0 Å². The lowest BCUT2D eigenvalue weighted by atomic mass is 9.85. The van der Waals surface area contributed by atoms with E-state index in [9.17, 15) is 0 Å². The first kappa shape index (κ1) is 21.8. The van der Waals surface area contributed by atoms with Crippen LogP contribution in [0.2, 0.25) is 0 Å². The summed E-state index contributed by atoms with van der Waals surface area (Å²) >= 11 is 0. The van der Waals surface area contributed by atoms with Crippen molar-refractivity contribution >= 4 is 43.7 Å². The first-order chi connectivity index (χ1) is 19.8. The lowest BCUT2D eigenvalue weighted by Crippen LogP contribution is -2.04. The highest BCUT2D eigenvalue weighted by Gasteiger charge is 2.20. The molecule has 2 heteroatoms. The van der Waals surface area contributed by atoms with Crippen molar-refractivity contribution in [3.8, 4) is 27.9 Å². The minimum absolute atomic E-state index is 0.928. The summed E-state index contributed by atoms with van der Waals surface area (Å²) in [5.74, 6) is 0. The Bertz CT molecular complexity index is 2260. The molecule has 1 aliphatic carbocycles. The van der Waals surface area contributed by atoms with E-state index < -0.39 is 0 Å². The van der Waals surface area contributed by atoms with Gasteiger partial charge in [0.05, 0.1) is 11.0 Å². The average Bonchev–Trinajstić information content (AvgIpc) is 3.55. The SMILES string of the molecule is c1ccc2c(c1)CCc1cc3c4ccccc4n(-c4ccc(-c5ccc6oc7ccccc7c6c5)cc4)c3cc1-2. The number of fused-ring (bicyclic) bond motifs is 9. The summed E-state index contributed by atoms with van der Waals surface area (Å²) in [6, 6.07) is 46.3. The number of rotatable bonds is 2. The van der Waals surface area contributed by atoms with Gasteiger partial charge in [-0.2, -0.15) is 0 Å². The largest absolute Gasteiger partial charge is 0.456 e. The summed E-state index contributed by atoms with van der Waals surface area (Å²) < 4.78 is 8.48. The van der Waals surface area contributed by atoms with Crippen molar-refractivity contribution in [2.24, 2.45) is 0 Å². The van der Waals surface area contributed by atoms with Crippen molar-refractivity contribution in [2.45, 2.75) is 12.8 Å². The Labute approximate surface area is 231 Å². The monoisotopic (exact) mass is 511 g/mol. The number of nitrogens with zero attached hydrogens (tertiary/aromatic N) is 1. The van der Waals surface area contributed by atoms with E-state index in [4.69, 9.17) is 4.42 Å². The minimum Gasteiger partial charge on any atom is -0.456 e. The van der Waals surface area contributed by atoms with Crippen molar-refractivity contribution in [1.82, 2.24) is 4.57 Å².